The van der Waals surface area contributed by atoms with E-state index in [0.29, 0.717) is 10.8 Å². The van der Waals surface area contributed by atoms with Crippen LogP contribution in [0.2, 0.25) is 5.02 Å². The van der Waals surface area contributed by atoms with Crippen molar-refractivity contribution in [2.75, 3.05) is 5.75 Å². The summed E-state index contributed by atoms with van der Waals surface area (Å²) in [4.78, 5) is 15.6. The first kappa shape index (κ1) is 17.8. The van der Waals surface area contributed by atoms with Crippen molar-refractivity contribution in [3.05, 3.63) is 52.3 Å². The Morgan fingerprint density at radius 1 is 1.24 bits per heavy atom. The molecule has 0 spiro atoms. The summed E-state index contributed by atoms with van der Waals surface area (Å²) in [7, 11) is 0. The second kappa shape index (κ2) is 7.45. The zero-order valence-electron chi connectivity index (χ0n) is 14.3. The molecule has 2 heterocycles. The van der Waals surface area contributed by atoms with Gasteiger partial charge in [-0.2, -0.15) is 0 Å². The Labute approximate surface area is 155 Å². The maximum absolute atomic E-state index is 12.5. The lowest BCUT2D eigenvalue weighted by Crippen LogP contribution is -2.05. The molecule has 0 unspecified atom stereocenters. The van der Waals surface area contributed by atoms with Gasteiger partial charge in [0.25, 0.3) is 0 Å². The molecule has 25 heavy (non-hydrogen) atoms. The van der Waals surface area contributed by atoms with Gasteiger partial charge >= 0.3 is 0 Å². The number of aromatic amines is 1. The van der Waals surface area contributed by atoms with Crippen LogP contribution >= 0.6 is 23.4 Å². The molecule has 1 N–H and O–H groups in total. The number of rotatable bonds is 6. The number of nitrogens with zero attached hydrogens (tertiary/aromatic N) is 3. The molecule has 2 aromatic heterocycles. The molecule has 0 fully saturated rings. The zero-order chi connectivity index (χ0) is 18.0. The summed E-state index contributed by atoms with van der Waals surface area (Å²) in [5.41, 5.74) is 3.59. The maximum Gasteiger partial charge on any atom is 0.191 e. The van der Waals surface area contributed by atoms with Gasteiger partial charge in [-0.3, -0.25) is 4.79 Å². The van der Waals surface area contributed by atoms with E-state index in [4.69, 9.17) is 11.6 Å². The lowest BCUT2D eigenvalue weighted by Gasteiger charge is -2.07. The van der Waals surface area contributed by atoms with Gasteiger partial charge in [-0.15, -0.1) is 10.2 Å². The molecule has 130 valence electrons. The van der Waals surface area contributed by atoms with Gasteiger partial charge in [-0.25, -0.2) is 0 Å². The predicted octanol–water partition coefficient (Wildman–Crippen LogP) is 4.54. The van der Waals surface area contributed by atoms with E-state index < -0.39 is 0 Å². The van der Waals surface area contributed by atoms with Gasteiger partial charge in [0.15, 0.2) is 16.8 Å². The Bertz CT molecular complexity index is 898. The van der Waals surface area contributed by atoms with Crippen molar-refractivity contribution in [1.29, 1.82) is 0 Å². The number of aryl methyl sites for hydroxylation is 2. The Kier molecular flexibility index (Phi) is 5.30. The van der Waals surface area contributed by atoms with Crippen LogP contribution in [0.1, 0.15) is 28.7 Å². The third-order valence-electron chi connectivity index (χ3n) is 3.92. The van der Waals surface area contributed by atoms with E-state index in [1.807, 2.05) is 55.7 Å². The Morgan fingerprint density at radius 2 is 1.96 bits per heavy atom. The summed E-state index contributed by atoms with van der Waals surface area (Å²) in [6.07, 6.45) is 0. The fraction of sp³-hybridized carbons (Fsp3) is 0.278. The van der Waals surface area contributed by atoms with Gasteiger partial charge in [0.2, 0.25) is 0 Å². The number of H-pyrrole nitrogens is 1. The SMILES string of the molecule is CCn1c(SCC(=O)c2cc(C)[nH]c2C)nnc1-c1ccc(Cl)cc1. The van der Waals surface area contributed by atoms with Crippen molar-refractivity contribution >= 4 is 29.1 Å². The zero-order valence-corrected chi connectivity index (χ0v) is 15.9. The highest BCUT2D eigenvalue weighted by atomic mass is 35.5. The van der Waals surface area contributed by atoms with Crippen molar-refractivity contribution in [3.8, 4) is 11.4 Å². The summed E-state index contributed by atoms with van der Waals surface area (Å²) >= 11 is 7.36. The summed E-state index contributed by atoms with van der Waals surface area (Å²) in [6.45, 7) is 6.62. The number of halogens is 1. The highest BCUT2D eigenvalue weighted by Crippen LogP contribution is 2.26. The number of carbonyl (C=O) groups is 1. The second-order valence-electron chi connectivity index (χ2n) is 5.76. The first-order valence-electron chi connectivity index (χ1n) is 8.01. The number of carbonyl (C=O) groups excluding carboxylic acids is 1. The first-order chi connectivity index (χ1) is 12.0. The van der Waals surface area contributed by atoms with Crippen molar-refractivity contribution in [2.24, 2.45) is 0 Å². The fourth-order valence-corrected chi connectivity index (χ4v) is 3.73. The smallest absolute Gasteiger partial charge is 0.191 e. The van der Waals surface area contributed by atoms with Gasteiger partial charge < -0.3 is 9.55 Å². The molecule has 0 aliphatic carbocycles. The minimum Gasteiger partial charge on any atom is -0.362 e. The van der Waals surface area contributed by atoms with E-state index in [-0.39, 0.29) is 5.78 Å². The largest absolute Gasteiger partial charge is 0.362 e. The summed E-state index contributed by atoms with van der Waals surface area (Å²) in [5, 5.41) is 9.98. The number of thioether (sulfide) groups is 1. The van der Waals surface area contributed by atoms with Gasteiger partial charge in [0.1, 0.15) is 0 Å². The van der Waals surface area contributed by atoms with Crippen molar-refractivity contribution in [1.82, 2.24) is 19.7 Å². The number of hydrogen-bond donors (Lipinski definition) is 1. The fourth-order valence-electron chi connectivity index (χ4n) is 2.71. The highest BCUT2D eigenvalue weighted by molar-refractivity contribution is 7.99. The van der Waals surface area contributed by atoms with Crippen LogP contribution in [0.25, 0.3) is 11.4 Å². The maximum atomic E-state index is 12.5. The quantitative estimate of drug-likeness (QED) is 0.508. The molecule has 0 bridgehead atoms. The lowest BCUT2D eigenvalue weighted by molar-refractivity contribution is 0.102. The van der Waals surface area contributed by atoms with Crippen molar-refractivity contribution < 1.29 is 4.79 Å². The molecular formula is C18H19ClN4OS. The van der Waals surface area contributed by atoms with Crippen LogP contribution in [0.3, 0.4) is 0 Å². The molecule has 0 amide bonds. The lowest BCUT2D eigenvalue weighted by atomic mass is 10.2. The van der Waals surface area contributed by atoms with Crippen LogP contribution in [-0.4, -0.2) is 31.3 Å². The van der Waals surface area contributed by atoms with Gasteiger partial charge in [0.05, 0.1) is 5.75 Å². The van der Waals surface area contributed by atoms with Gasteiger partial charge in [-0.05, 0) is 51.1 Å². The molecule has 3 aromatic rings. The number of aromatic nitrogens is 4. The van der Waals surface area contributed by atoms with Crippen LogP contribution in [0.4, 0.5) is 0 Å². The number of benzene rings is 1. The molecule has 7 heteroatoms. The van der Waals surface area contributed by atoms with E-state index in [2.05, 4.69) is 15.2 Å². The van der Waals surface area contributed by atoms with Crippen LogP contribution < -0.4 is 0 Å². The average molecular weight is 375 g/mol. The molecule has 0 radical (unpaired) electrons. The van der Waals surface area contributed by atoms with Crippen molar-refractivity contribution in [2.45, 2.75) is 32.5 Å². The Morgan fingerprint density at radius 3 is 2.56 bits per heavy atom. The molecule has 0 saturated heterocycles. The van der Waals surface area contributed by atoms with Crippen LogP contribution in [0.15, 0.2) is 35.5 Å². The molecule has 1 aromatic carbocycles. The molecule has 5 nitrogen and oxygen atoms in total. The van der Waals surface area contributed by atoms with Crippen LogP contribution in [-0.2, 0) is 6.54 Å². The van der Waals surface area contributed by atoms with E-state index in [1.165, 1.54) is 11.8 Å². The second-order valence-corrected chi connectivity index (χ2v) is 7.14. The minimum absolute atomic E-state index is 0.0885. The molecule has 0 aliphatic heterocycles. The summed E-state index contributed by atoms with van der Waals surface area (Å²) in [5.74, 6) is 1.20. The van der Waals surface area contributed by atoms with E-state index >= 15 is 0 Å². The third kappa shape index (κ3) is 3.80. The Hall–Kier alpha value is -2.05. The van der Waals surface area contributed by atoms with Gasteiger partial charge in [-0.1, -0.05) is 23.4 Å². The monoisotopic (exact) mass is 374 g/mol. The molecule has 0 saturated carbocycles. The normalized spacial score (nSPS) is 11.0. The minimum atomic E-state index is 0.0885. The summed E-state index contributed by atoms with van der Waals surface area (Å²) in [6, 6.07) is 9.40. The third-order valence-corrected chi connectivity index (χ3v) is 5.14. The van der Waals surface area contributed by atoms with E-state index in [9.17, 15) is 4.79 Å². The van der Waals surface area contributed by atoms with E-state index in [1.54, 1.807) is 0 Å². The van der Waals surface area contributed by atoms with Crippen LogP contribution in [0.5, 0.6) is 0 Å². The Balaban J connectivity index is 1.78. The molecule has 3 rings (SSSR count). The summed E-state index contributed by atoms with van der Waals surface area (Å²) < 4.78 is 2.01. The number of ketones is 1. The first-order valence-corrected chi connectivity index (χ1v) is 9.37. The van der Waals surface area contributed by atoms with Crippen LogP contribution in [0, 0.1) is 13.8 Å². The molecular weight excluding hydrogens is 356 g/mol. The van der Waals surface area contributed by atoms with Gasteiger partial charge in [0, 0.05) is 34.1 Å². The predicted molar refractivity (Wildman–Crippen MR) is 101 cm³/mol. The standard InChI is InChI=1S/C18H19ClN4OS/c1-4-23-17(13-5-7-14(19)8-6-13)21-22-18(23)25-10-16(24)15-9-11(2)20-12(15)3/h5-9,20H,4,10H2,1-3H3. The van der Waals surface area contributed by atoms with E-state index in [0.717, 1.165) is 40.0 Å². The molecule has 0 atom stereocenters. The molecule has 0 aliphatic rings. The topological polar surface area (TPSA) is 63.6 Å². The number of Topliss-reactive ketones (excluding diaryl/α,β-unsaturated/α-hetero) is 1. The highest BCUT2D eigenvalue weighted by Gasteiger charge is 2.17. The number of nitrogens with one attached hydrogen (secondary N) is 1. The van der Waals surface area contributed by atoms with Crippen molar-refractivity contribution in [3.63, 3.8) is 0 Å². The average Bonchev–Trinajstić information content (AvgIpc) is 3.15. The number of hydrogen-bond acceptors (Lipinski definition) is 4.